The van der Waals surface area contributed by atoms with Crippen molar-refractivity contribution in [3.8, 4) is 5.75 Å². The van der Waals surface area contributed by atoms with Crippen molar-refractivity contribution in [2.45, 2.75) is 6.42 Å². The molecule has 0 fully saturated rings. The van der Waals surface area contributed by atoms with Crippen LogP contribution in [0.4, 0.5) is 0 Å². The molecule has 0 aromatic heterocycles. The van der Waals surface area contributed by atoms with Gasteiger partial charge in [0.1, 0.15) is 11.6 Å². The Kier molecular flexibility index (Phi) is 5.70. The van der Waals surface area contributed by atoms with E-state index in [-0.39, 0.29) is 0 Å². The lowest BCUT2D eigenvalue weighted by Crippen LogP contribution is -2.14. The molecule has 0 heterocycles. The van der Waals surface area contributed by atoms with Gasteiger partial charge >= 0.3 is 0 Å². The van der Waals surface area contributed by atoms with Crippen molar-refractivity contribution >= 4 is 18.5 Å². The first-order chi connectivity index (χ1) is 7.33. The molecule has 0 spiro atoms. The van der Waals surface area contributed by atoms with Crippen molar-refractivity contribution in [3.63, 3.8) is 0 Å². The van der Waals surface area contributed by atoms with Crippen molar-refractivity contribution in [2.24, 2.45) is 10.7 Å². The lowest BCUT2D eigenvalue weighted by atomic mass is 10.3. The van der Waals surface area contributed by atoms with E-state index in [0.717, 1.165) is 12.2 Å². The number of rotatable bonds is 6. The molecule has 0 bridgehead atoms. The predicted molar refractivity (Wildman–Crippen MR) is 66.9 cm³/mol. The van der Waals surface area contributed by atoms with Gasteiger partial charge in [0.25, 0.3) is 0 Å². The molecular weight excluding hydrogens is 208 g/mol. The van der Waals surface area contributed by atoms with Gasteiger partial charge in [-0.15, -0.1) is 0 Å². The first-order valence-electron chi connectivity index (χ1n) is 4.90. The SMILES string of the molecule is NC(CS)=NCCCOc1ccccc1. The Morgan fingerprint density at radius 1 is 1.33 bits per heavy atom. The van der Waals surface area contributed by atoms with Gasteiger partial charge in [0.2, 0.25) is 0 Å². The van der Waals surface area contributed by atoms with Crippen molar-refractivity contribution in [3.05, 3.63) is 30.3 Å². The monoisotopic (exact) mass is 224 g/mol. The molecule has 3 nitrogen and oxygen atoms in total. The third kappa shape index (κ3) is 5.32. The standard InChI is InChI=1S/C11H16N2OS/c12-11(9-15)13-7-4-8-14-10-5-2-1-3-6-10/h1-3,5-6,15H,4,7-9H2,(H2,12,13). The van der Waals surface area contributed by atoms with Crippen LogP contribution in [0.3, 0.4) is 0 Å². The summed E-state index contributed by atoms with van der Waals surface area (Å²) in [6.45, 7) is 1.35. The number of hydrogen-bond donors (Lipinski definition) is 2. The van der Waals surface area contributed by atoms with Crippen LogP contribution >= 0.6 is 12.6 Å². The van der Waals surface area contributed by atoms with Gasteiger partial charge in [-0.25, -0.2) is 0 Å². The molecule has 0 aliphatic heterocycles. The van der Waals surface area contributed by atoms with E-state index in [2.05, 4.69) is 17.6 Å². The Morgan fingerprint density at radius 3 is 2.73 bits per heavy atom. The molecule has 0 radical (unpaired) electrons. The number of benzene rings is 1. The van der Waals surface area contributed by atoms with Crippen molar-refractivity contribution in [2.75, 3.05) is 18.9 Å². The Bertz CT molecular complexity index is 301. The fourth-order valence-corrected chi connectivity index (χ4v) is 1.14. The number of ether oxygens (including phenoxy) is 1. The van der Waals surface area contributed by atoms with E-state index in [9.17, 15) is 0 Å². The van der Waals surface area contributed by atoms with E-state index in [4.69, 9.17) is 10.5 Å². The highest BCUT2D eigenvalue weighted by Gasteiger charge is 1.91. The molecule has 0 aliphatic rings. The summed E-state index contributed by atoms with van der Waals surface area (Å²) >= 11 is 4.01. The van der Waals surface area contributed by atoms with Crippen LogP contribution in [0.5, 0.6) is 5.75 Å². The summed E-state index contributed by atoms with van der Waals surface area (Å²) in [4.78, 5) is 4.11. The Labute approximate surface area is 95.8 Å². The topological polar surface area (TPSA) is 47.6 Å². The van der Waals surface area contributed by atoms with E-state index >= 15 is 0 Å². The van der Waals surface area contributed by atoms with E-state index < -0.39 is 0 Å². The second-order valence-electron chi connectivity index (χ2n) is 3.05. The number of thiol groups is 1. The quantitative estimate of drug-likeness (QED) is 0.335. The smallest absolute Gasteiger partial charge is 0.119 e. The van der Waals surface area contributed by atoms with Gasteiger partial charge in [-0.3, -0.25) is 4.99 Å². The van der Waals surface area contributed by atoms with Gasteiger partial charge in [-0.1, -0.05) is 18.2 Å². The van der Waals surface area contributed by atoms with Crippen LogP contribution in [0.2, 0.25) is 0 Å². The van der Waals surface area contributed by atoms with Crippen LogP contribution in [0.25, 0.3) is 0 Å². The molecule has 0 saturated heterocycles. The number of amidine groups is 1. The Morgan fingerprint density at radius 2 is 2.07 bits per heavy atom. The molecule has 0 amide bonds. The van der Waals surface area contributed by atoms with Crippen LogP contribution in [0.15, 0.2) is 35.3 Å². The summed E-state index contributed by atoms with van der Waals surface area (Å²) in [5.41, 5.74) is 5.50. The summed E-state index contributed by atoms with van der Waals surface area (Å²) < 4.78 is 5.49. The largest absolute Gasteiger partial charge is 0.494 e. The minimum atomic E-state index is 0.513. The van der Waals surface area contributed by atoms with Crippen LogP contribution in [-0.2, 0) is 0 Å². The first kappa shape index (κ1) is 11.9. The van der Waals surface area contributed by atoms with Crippen molar-refractivity contribution in [1.82, 2.24) is 0 Å². The van der Waals surface area contributed by atoms with E-state index in [0.29, 0.717) is 24.7 Å². The third-order valence-electron chi connectivity index (χ3n) is 1.79. The molecule has 0 aliphatic carbocycles. The van der Waals surface area contributed by atoms with Gasteiger partial charge in [-0.05, 0) is 12.1 Å². The number of aliphatic imine (C=N–C) groups is 1. The Balaban J connectivity index is 2.13. The highest BCUT2D eigenvalue weighted by Crippen LogP contribution is 2.08. The highest BCUT2D eigenvalue weighted by molar-refractivity contribution is 7.81. The summed E-state index contributed by atoms with van der Waals surface area (Å²) in [6, 6.07) is 9.74. The summed E-state index contributed by atoms with van der Waals surface area (Å²) in [7, 11) is 0. The number of para-hydroxylation sites is 1. The molecule has 15 heavy (non-hydrogen) atoms. The van der Waals surface area contributed by atoms with Gasteiger partial charge in [-0.2, -0.15) is 12.6 Å². The number of nitrogens with zero attached hydrogens (tertiary/aromatic N) is 1. The molecule has 2 N–H and O–H groups in total. The maximum Gasteiger partial charge on any atom is 0.119 e. The molecule has 0 unspecified atom stereocenters. The summed E-state index contributed by atoms with van der Waals surface area (Å²) in [6.07, 6.45) is 0.864. The fraction of sp³-hybridized carbons (Fsp3) is 0.364. The minimum absolute atomic E-state index is 0.513. The summed E-state index contributed by atoms with van der Waals surface area (Å²) in [5, 5.41) is 0. The van der Waals surface area contributed by atoms with Crippen molar-refractivity contribution < 1.29 is 4.74 Å². The molecular formula is C11H16N2OS. The molecule has 0 saturated carbocycles. The molecule has 82 valence electrons. The first-order valence-corrected chi connectivity index (χ1v) is 5.53. The van der Waals surface area contributed by atoms with Crippen LogP contribution < -0.4 is 10.5 Å². The second kappa shape index (κ2) is 7.17. The average Bonchev–Trinajstić information content (AvgIpc) is 2.29. The average molecular weight is 224 g/mol. The van der Waals surface area contributed by atoms with E-state index in [1.54, 1.807) is 0 Å². The molecule has 4 heteroatoms. The van der Waals surface area contributed by atoms with Crippen LogP contribution in [0.1, 0.15) is 6.42 Å². The number of hydrogen-bond acceptors (Lipinski definition) is 3. The van der Waals surface area contributed by atoms with E-state index in [1.807, 2.05) is 30.3 Å². The van der Waals surface area contributed by atoms with Crippen molar-refractivity contribution in [1.29, 1.82) is 0 Å². The lowest BCUT2D eigenvalue weighted by Gasteiger charge is -2.04. The van der Waals surface area contributed by atoms with Gasteiger partial charge in [0.05, 0.1) is 6.61 Å². The molecule has 0 atom stereocenters. The maximum atomic E-state index is 5.50. The van der Waals surface area contributed by atoms with Gasteiger partial charge in [0.15, 0.2) is 0 Å². The second-order valence-corrected chi connectivity index (χ2v) is 3.36. The normalized spacial score (nSPS) is 11.4. The zero-order valence-corrected chi connectivity index (χ0v) is 9.49. The van der Waals surface area contributed by atoms with E-state index in [1.165, 1.54) is 0 Å². The summed E-state index contributed by atoms with van der Waals surface area (Å²) in [5.74, 6) is 1.99. The highest BCUT2D eigenvalue weighted by atomic mass is 32.1. The minimum Gasteiger partial charge on any atom is -0.494 e. The zero-order valence-electron chi connectivity index (χ0n) is 8.60. The molecule has 1 rings (SSSR count). The Hall–Kier alpha value is -1.16. The molecule has 1 aromatic rings. The maximum absolute atomic E-state index is 5.50. The zero-order chi connectivity index (χ0) is 10.9. The molecule has 1 aromatic carbocycles. The van der Waals surface area contributed by atoms with Crippen LogP contribution in [0, 0.1) is 0 Å². The number of nitrogens with two attached hydrogens (primary N) is 1. The lowest BCUT2D eigenvalue weighted by molar-refractivity contribution is 0.313. The third-order valence-corrected chi connectivity index (χ3v) is 2.12. The van der Waals surface area contributed by atoms with Gasteiger partial charge in [0, 0.05) is 18.7 Å². The van der Waals surface area contributed by atoms with Crippen LogP contribution in [-0.4, -0.2) is 24.7 Å². The fourth-order valence-electron chi connectivity index (χ4n) is 1.04. The van der Waals surface area contributed by atoms with Gasteiger partial charge < -0.3 is 10.5 Å². The predicted octanol–water partition coefficient (Wildman–Crippen LogP) is 1.74.